The van der Waals surface area contributed by atoms with Crippen LogP contribution < -0.4 is 0 Å². The van der Waals surface area contributed by atoms with E-state index >= 15 is 0 Å². The van der Waals surface area contributed by atoms with Gasteiger partial charge in [0, 0.05) is 4.88 Å². The molecule has 0 aliphatic carbocycles. The molecule has 0 aliphatic heterocycles. The highest BCUT2D eigenvalue weighted by Crippen LogP contribution is 2.07. The summed E-state index contributed by atoms with van der Waals surface area (Å²) in [6.07, 6.45) is 0. The molecule has 0 fully saturated rings. The molecule has 8 heavy (non-hydrogen) atoms. The third kappa shape index (κ3) is 1.34. The van der Waals surface area contributed by atoms with Crippen LogP contribution in [-0.2, 0) is 0 Å². The molecular formula is C5H10BNS. The second kappa shape index (κ2) is 2.87. The number of hydrogen-bond donors (Lipinski definition) is 0. The summed E-state index contributed by atoms with van der Waals surface area (Å²) >= 11 is 1.69. The molecule has 1 aromatic heterocycles. The van der Waals surface area contributed by atoms with Gasteiger partial charge in [0.15, 0.2) is 0 Å². The molecule has 0 atom stereocenters. The molecule has 0 saturated heterocycles. The lowest BCUT2D eigenvalue weighted by Crippen LogP contribution is -1.68. The van der Waals surface area contributed by atoms with E-state index in [4.69, 9.17) is 0 Å². The summed E-state index contributed by atoms with van der Waals surface area (Å²) in [6.45, 7) is 4.10. The Bertz CT molecular complexity index is 145. The van der Waals surface area contributed by atoms with Gasteiger partial charge in [0.1, 0.15) is 0 Å². The summed E-state index contributed by atoms with van der Waals surface area (Å²) in [4.78, 5) is 5.35. The van der Waals surface area contributed by atoms with Crippen molar-refractivity contribution >= 4 is 19.7 Å². The van der Waals surface area contributed by atoms with Crippen LogP contribution in [0.2, 0.25) is 0 Å². The molecule has 44 valence electrons. The highest BCUT2D eigenvalue weighted by Gasteiger charge is 1.88. The highest BCUT2D eigenvalue weighted by atomic mass is 32.1. The van der Waals surface area contributed by atoms with Gasteiger partial charge in [-0.25, -0.2) is 4.98 Å². The van der Waals surface area contributed by atoms with E-state index in [-0.39, 0.29) is 8.41 Å². The molecule has 1 aromatic rings. The van der Waals surface area contributed by atoms with Crippen molar-refractivity contribution in [2.24, 2.45) is 0 Å². The third-order valence-corrected chi connectivity index (χ3v) is 1.85. The summed E-state index contributed by atoms with van der Waals surface area (Å²) in [5, 5.41) is 0. The minimum absolute atomic E-state index is 0. The van der Waals surface area contributed by atoms with Gasteiger partial charge in [-0.2, -0.15) is 0 Å². The number of aryl methyl sites for hydroxylation is 2. The first-order chi connectivity index (χ1) is 3.30. The first kappa shape index (κ1) is 7.69. The molecule has 0 saturated carbocycles. The van der Waals surface area contributed by atoms with E-state index < -0.39 is 0 Å². The van der Waals surface area contributed by atoms with Gasteiger partial charge in [0.2, 0.25) is 0 Å². The second-order valence-electron chi connectivity index (χ2n) is 1.49. The molecule has 0 unspecified atom stereocenters. The zero-order valence-corrected chi connectivity index (χ0v) is 5.25. The van der Waals surface area contributed by atoms with E-state index in [1.807, 2.05) is 12.4 Å². The SMILES string of the molecule is B.Cc1ncsc1C. The van der Waals surface area contributed by atoms with Gasteiger partial charge in [0.25, 0.3) is 0 Å². The van der Waals surface area contributed by atoms with Crippen LogP contribution in [0.3, 0.4) is 0 Å². The van der Waals surface area contributed by atoms with E-state index in [1.54, 1.807) is 11.3 Å². The molecule has 0 aliphatic rings. The topological polar surface area (TPSA) is 12.9 Å². The Morgan fingerprint density at radius 3 is 2.25 bits per heavy atom. The fourth-order valence-corrected chi connectivity index (χ4v) is 0.953. The molecule has 0 N–H and O–H groups in total. The third-order valence-electron chi connectivity index (χ3n) is 0.985. The van der Waals surface area contributed by atoms with Crippen LogP contribution in [-0.4, -0.2) is 13.4 Å². The minimum Gasteiger partial charge on any atom is -0.250 e. The monoisotopic (exact) mass is 127 g/mol. The van der Waals surface area contributed by atoms with E-state index in [2.05, 4.69) is 11.9 Å². The maximum absolute atomic E-state index is 4.03. The fraction of sp³-hybridized carbons (Fsp3) is 0.400. The Kier molecular flexibility index (Phi) is 2.76. The maximum Gasteiger partial charge on any atom is 0.0814 e. The first-order valence-electron chi connectivity index (χ1n) is 2.17. The molecule has 0 bridgehead atoms. The standard InChI is InChI=1S/C5H7NS.BH3/c1-4-5(2)7-3-6-4;/h3H,1-2H3;1H3. The molecular weight excluding hydrogens is 117 g/mol. The average Bonchev–Trinajstić information content (AvgIpc) is 1.91. The number of thiazole rings is 1. The zero-order chi connectivity index (χ0) is 5.28. The molecule has 1 rings (SSSR count). The van der Waals surface area contributed by atoms with Crippen molar-refractivity contribution in [1.82, 2.24) is 4.98 Å². The second-order valence-corrected chi connectivity index (χ2v) is 2.55. The summed E-state index contributed by atoms with van der Waals surface area (Å²) in [5.74, 6) is 0. The summed E-state index contributed by atoms with van der Waals surface area (Å²) in [5.41, 5.74) is 3.02. The summed E-state index contributed by atoms with van der Waals surface area (Å²) < 4.78 is 0. The van der Waals surface area contributed by atoms with Crippen LogP contribution in [0.15, 0.2) is 5.51 Å². The number of hydrogen-bond acceptors (Lipinski definition) is 2. The highest BCUT2D eigenvalue weighted by molar-refractivity contribution is 7.09. The molecule has 1 heterocycles. The van der Waals surface area contributed by atoms with Gasteiger partial charge in [-0.3, -0.25) is 0 Å². The smallest absolute Gasteiger partial charge is 0.0814 e. The van der Waals surface area contributed by atoms with Crippen molar-refractivity contribution in [3.63, 3.8) is 0 Å². The van der Waals surface area contributed by atoms with Gasteiger partial charge in [-0.05, 0) is 13.8 Å². The Balaban J connectivity index is 0.000000490. The van der Waals surface area contributed by atoms with Crippen molar-refractivity contribution in [2.75, 3.05) is 0 Å². The Morgan fingerprint density at radius 2 is 2.12 bits per heavy atom. The van der Waals surface area contributed by atoms with Gasteiger partial charge in [0.05, 0.1) is 19.6 Å². The largest absolute Gasteiger partial charge is 0.250 e. The lowest BCUT2D eigenvalue weighted by Gasteiger charge is -1.77. The molecule has 3 heteroatoms. The number of rotatable bonds is 0. The van der Waals surface area contributed by atoms with Gasteiger partial charge in [-0.15, -0.1) is 11.3 Å². The van der Waals surface area contributed by atoms with E-state index in [0.29, 0.717) is 0 Å². The number of nitrogens with zero attached hydrogens (tertiary/aromatic N) is 1. The van der Waals surface area contributed by atoms with Crippen LogP contribution in [0.4, 0.5) is 0 Å². The quantitative estimate of drug-likeness (QED) is 0.464. The Labute approximate surface area is 55.3 Å². The Hall–Kier alpha value is -0.305. The van der Waals surface area contributed by atoms with Crippen LogP contribution in [0, 0.1) is 13.8 Å². The lowest BCUT2D eigenvalue weighted by atomic mass is 10.4. The predicted octanol–water partition coefficient (Wildman–Crippen LogP) is 0.576. The lowest BCUT2D eigenvalue weighted by molar-refractivity contribution is 1.23. The first-order valence-corrected chi connectivity index (χ1v) is 3.05. The number of aromatic nitrogens is 1. The van der Waals surface area contributed by atoms with Gasteiger partial charge < -0.3 is 0 Å². The van der Waals surface area contributed by atoms with Crippen LogP contribution >= 0.6 is 11.3 Å². The maximum atomic E-state index is 4.03. The van der Waals surface area contributed by atoms with Crippen LogP contribution in [0.1, 0.15) is 10.6 Å². The fourth-order valence-electron chi connectivity index (χ4n) is 0.361. The van der Waals surface area contributed by atoms with Crippen LogP contribution in [0.5, 0.6) is 0 Å². The molecule has 0 amide bonds. The van der Waals surface area contributed by atoms with Gasteiger partial charge in [-0.1, -0.05) is 0 Å². The van der Waals surface area contributed by atoms with Gasteiger partial charge >= 0.3 is 0 Å². The average molecular weight is 127 g/mol. The molecule has 0 spiro atoms. The predicted molar refractivity (Wildman–Crippen MR) is 41.5 cm³/mol. The molecule has 0 aromatic carbocycles. The summed E-state index contributed by atoms with van der Waals surface area (Å²) in [7, 11) is 0. The van der Waals surface area contributed by atoms with E-state index in [1.165, 1.54) is 4.88 Å². The molecule has 0 radical (unpaired) electrons. The van der Waals surface area contributed by atoms with Crippen LogP contribution in [0.25, 0.3) is 0 Å². The normalized spacial score (nSPS) is 8.25. The zero-order valence-electron chi connectivity index (χ0n) is 4.43. The minimum atomic E-state index is 0. The summed E-state index contributed by atoms with van der Waals surface area (Å²) in [6, 6.07) is 0. The molecule has 1 nitrogen and oxygen atoms in total. The van der Waals surface area contributed by atoms with Crippen molar-refractivity contribution in [1.29, 1.82) is 0 Å². The Morgan fingerprint density at radius 1 is 1.50 bits per heavy atom. The van der Waals surface area contributed by atoms with Crippen molar-refractivity contribution < 1.29 is 0 Å². The van der Waals surface area contributed by atoms with Crippen molar-refractivity contribution in [3.8, 4) is 0 Å². The van der Waals surface area contributed by atoms with E-state index in [9.17, 15) is 0 Å². The van der Waals surface area contributed by atoms with E-state index in [0.717, 1.165) is 5.69 Å². The van der Waals surface area contributed by atoms with Crippen molar-refractivity contribution in [3.05, 3.63) is 16.1 Å². The van der Waals surface area contributed by atoms with Crippen molar-refractivity contribution in [2.45, 2.75) is 13.8 Å².